The van der Waals surface area contributed by atoms with Crippen LogP contribution in [0.15, 0.2) is 0 Å². The van der Waals surface area contributed by atoms with Crippen molar-refractivity contribution in [3.05, 3.63) is 0 Å². The van der Waals surface area contributed by atoms with Gasteiger partial charge in [0.25, 0.3) is 0 Å². The van der Waals surface area contributed by atoms with E-state index in [0.29, 0.717) is 12.6 Å². The lowest BCUT2D eigenvalue weighted by atomic mass is 10.0. The van der Waals surface area contributed by atoms with E-state index in [1.54, 1.807) is 0 Å². The first-order valence-corrected chi connectivity index (χ1v) is 9.18. The summed E-state index contributed by atoms with van der Waals surface area (Å²) in [5.74, 6) is 0. The number of aliphatic hydroxyl groups is 1. The van der Waals surface area contributed by atoms with E-state index in [-0.39, 0.29) is 11.1 Å². The van der Waals surface area contributed by atoms with Gasteiger partial charge in [0.15, 0.2) is 8.32 Å². The zero-order valence-corrected chi connectivity index (χ0v) is 12.3. The van der Waals surface area contributed by atoms with Crippen LogP contribution in [0.2, 0.25) is 18.1 Å². The van der Waals surface area contributed by atoms with Gasteiger partial charge in [-0.25, -0.2) is 0 Å². The van der Waals surface area contributed by atoms with Crippen LogP contribution in [-0.4, -0.2) is 38.7 Å². The largest absolute Gasteiger partial charge is 0.415 e. The van der Waals surface area contributed by atoms with Crippen molar-refractivity contribution in [2.75, 3.05) is 13.2 Å². The van der Waals surface area contributed by atoms with Crippen molar-refractivity contribution < 1.29 is 9.53 Å². The van der Waals surface area contributed by atoms with E-state index in [4.69, 9.17) is 4.43 Å². The van der Waals surface area contributed by atoms with Crippen LogP contribution < -0.4 is 5.32 Å². The fourth-order valence-electron chi connectivity index (χ4n) is 1.57. The maximum absolute atomic E-state index is 9.39. The molecular weight excluding hydrogens is 218 g/mol. The Balaban J connectivity index is 2.34. The van der Waals surface area contributed by atoms with Gasteiger partial charge in [0.1, 0.15) is 0 Å². The molecule has 0 bridgehead atoms. The van der Waals surface area contributed by atoms with Gasteiger partial charge in [0, 0.05) is 19.2 Å². The van der Waals surface area contributed by atoms with Crippen LogP contribution in [0.5, 0.6) is 0 Å². The minimum absolute atomic E-state index is 0.163. The summed E-state index contributed by atoms with van der Waals surface area (Å²) < 4.78 is 6.16. The lowest BCUT2D eigenvalue weighted by Gasteiger charge is -2.38. The van der Waals surface area contributed by atoms with Gasteiger partial charge in [0.05, 0.1) is 6.10 Å². The Morgan fingerprint density at radius 1 is 1.31 bits per heavy atom. The molecule has 0 aromatic heterocycles. The summed E-state index contributed by atoms with van der Waals surface area (Å²) in [6, 6.07) is 0.428. The highest BCUT2D eigenvalue weighted by Crippen LogP contribution is 2.36. The van der Waals surface area contributed by atoms with E-state index in [1.807, 2.05) is 0 Å². The molecule has 0 aromatic rings. The van der Waals surface area contributed by atoms with Gasteiger partial charge in [-0.05, 0) is 31.0 Å². The maximum atomic E-state index is 9.39. The van der Waals surface area contributed by atoms with E-state index < -0.39 is 8.32 Å². The summed E-state index contributed by atoms with van der Waals surface area (Å²) in [5, 5.41) is 13.0. The molecular formula is C12H27NO2Si. The van der Waals surface area contributed by atoms with Crippen molar-refractivity contribution >= 4 is 8.32 Å². The van der Waals surface area contributed by atoms with Crippen LogP contribution in [0, 0.1) is 0 Å². The van der Waals surface area contributed by atoms with Gasteiger partial charge >= 0.3 is 0 Å². The average molecular weight is 245 g/mol. The van der Waals surface area contributed by atoms with E-state index >= 15 is 0 Å². The Kier molecular flexibility index (Phi) is 4.57. The lowest BCUT2D eigenvalue weighted by molar-refractivity contribution is 0.110. The van der Waals surface area contributed by atoms with Gasteiger partial charge in [-0.15, -0.1) is 0 Å². The van der Waals surface area contributed by atoms with E-state index in [9.17, 15) is 5.11 Å². The topological polar surface area (TPSA) is 41.5 Å². The molecule has 0 radical (unpaired) electrons. The van der Waals surface area contributed by atoms with Gasteiger partial charge in [-0.3, -0.25) is 0 Å². The molecule has 2 atom stereocenters. The quantitative estimate of drug-likeness (QED) is 0.748. The molecule has 1 saturated heterocycles. The van der Waals surface area contributed by atoms with Crippen molar-refractivity contribution in [1.82, 2.24) is 5.32 Å². The maximum Gasteiger partial charge on any atom is 0.192 e. The Hall–Kier alpha value is 0.0969. The number of rotatable bonds is 3. The third-order valence-corrected chi connectivity index (χ3v) is 8.44. The minimum Gasteiger partial charge on any atom is -0.415 e. The van der Waals surface area contributed by atoms with Crippen LogP contribution >= 0.6 is 0 Å². The molecule has 0 saturated carbocycles. The van der Waals surface area contributed by atoms with Crippen LogP contribution in [-0.2, 0) is 4.43 Å². The first kappa shape index (κ1) is 14.2. The van der Waals surface area contributed by atoms with E-state index in [2.05, 4.69) is 39.2 Å². The zero-order chi connectivity index (χ0) is 12.4. The molecule has 1 rings (SSSR count). The number of aliphatic hydroxyl groups excluding tert-OH is 1. The third kappa shape index (κ3) is 3.84. The molecule has 2 unspecified atom stereocenters. The van der Waals surface area contributed by atoms with Gasteiger partial charge in [-0.2, -0.15) is 0 Å². The lowest BCUT2D eigenvalue weighted by Crippen LogP contribution is -2.48. The van der Waals surface area contributed by atoms with Crippen molar-refractivity contribution in [3.63, 3.8) is 0 Å². The van der Waals surface area contributed by atoms with Crippen molar-refractivity contribution in [1.29, 1.82) is 0 Å². The molecule has 0 aromatic carbocycles. The van der Waals surface area contributed by atoms with Crippen LogP contribution in [0.3, 0.4) is 0 Å². The summed E-state index contributed by atoms with van der Waals surface area (Å²) in [4.78, 5) is 0. The number of hydrogen-bond acceptors (Lipinski definition) is 3. The van der Waals surface area contributed by atoms with Gasteiger partial charge < -0.3 is 14.8 Å². The highest BCUT2D eigenvalue weighted by molar-refractivity contribution is 6.74. The predicted octanol–water partition coefficient (Wildman–Crippen LogP) is 2.12. The zero-order valence-electron chi connectivity index (χ0n) is 11.3. The Labute approximate surface area is 101 Å². The summed E-state index contributed by atoms with van der Waals surface area (Å²) in [6.07, 6.45) is 1.76. The molecule has 3 nitrogen and oxygen atoms in total. The molecule has 96 valence electrons. The highest BCUT2D eigenvalue weighted by atomic mass is 28.4. The van der Waals surface area contributed by atoms with Gasteiger partial charge in [-0.1, -0.05) is 20.8 Å². The number of piperidine rings is 1. The van der Waals surface area contributed by atoms with Crippen molar-refractivity contribution in [3.8, 4) is 0 Å². The Bertz CT molecular complexity index is 218. The number of nitrogens with one attached hydrogen (secondary N) is 1. The van der Waals surface area contributed by atoms with Crippen LogP contribution in [0.4, 0.5) is 0 Å². The SMILES string of the molecule is CC(C)(C)[Si](C)(C)OCC1CCC(O)CN1. The first-order valence-electron chi connectivity index (χ1n) is 6.28. The summed E-state index contributed by atoms with van der Waals surface area (Å²) in [7, 11) is -1.61. The predicted molar refractivity (Wildman–Crippen MR) is 70.2 cm³/mol. The second-order valence-corrected chi connectivity index (χ2v) is 11.2. The molecule has 2 N–H and O–H groups in total. The van der Waals surface area contributed by atoms with E-state index in [0.717, 1.165) is 19.4 Å². The normalized spacial score (nSPS) is 28.1. The Morgan fingerprint density at radius 3 is 2.38 bits per heavy atom. The van der Waals surface area contributed by atoms with E-state index in [1.165, 1.54) is 0 Å². The molecule has 1 aliphatic rings. The van der Waals surface area contributed by atoms with Gasteiger partial charge in [0.2, 0.25) is 0 Å². The fourth-order valence-corrected chi connectivity index (χ4v) is 2.62. The smallest absolute Gasteiger partial charge is 0.192 e. The van der Waals surface area contributed by atoms with Crippen LogP contribution in [0.25, 0.3) is 0 Å². The average Bonchev–Trinajstić information content (AvgIpc) is 2.15. The summed E-state index contributed by atoms with van der Waals surface area (Å²) >= 11 is 0. The number of hydrogen-bond donors (Lipinski definition) is 2. The van der Waals surface area contributed by atoms with Crippen LogP contribution in [0.1, 0.15) is 33.6 Å². The molecule has 0 amide bonds. The monoisotopic (exact) mass is 245 g/mol. The molecule has 0 spiro atoms. The molecule has 0 aliphatic carbocycles. The fraction of sp³-hybridized carbons (Fsp3) is 1.00. The molecule has 1 heterocycles. The highest BCUT2D eigenvalue weighted by Gasteiger charge is 2.37. The van der Waals surface area contributed by atoms with Crippen molar-refractivity contribution in [2.24, 2.45) is 0 Å². The first-order chi connectivity index (χ1) is 7.22. The number of β-amino-alcohol motifs (C(OH)–C–C–N with tert-alkyl or cyclic N) is 1. The third-order valence-electron chi connectivity index (χ3n) is 3.94. The Morgan fingerprint density at radius 2 is 1.94 bits per heavy atom. The summed E-state index contributed by atoms with van der Waals surface area (Å²) in [6.45, 7) is 12.9. The molecule has 4 heteroatoms. The summed E-state index contributed by atoms with van der Waals surface area (Å²) in [5.41, 5.74) is 0. The molecule has 1 fully saturated rings. The molecule has 1 aliphatic heterocycles. The van der Waals surface area contributed by atoms with Crippen molar-refractivity contribution in [2.45, 2.75) is 63.9 Å². The minimum atomic E-state index is -1.61. The second kappa shape index (κ2) is 5.17. The molecule has 16 heavy (non-hydrogen) atoms. The standard InChI is InChI=1S/C12H27NO2Si/c1-12(2,3)16(4,5)15-9-10-6-7-11(14)8-13-10/h10-11,13-14H,6-9H2,1-5H3. The second-order valence-electron chi connectivity index (χ2n) is 6.41.